The monoisotopic (exact) mass is 458 g/mol. The van der Waals surface area contributed by atoms with Crippen LogP contribution < -0.4 is 4.74 Å². The van der Waals surface area contributed by atoms with Gasteiger partial charge in [0.25, 0.3) is 0 Å². The fraction of sp³-hybridized carbons (Fsp3) is 0.391. The smallest absolute Gasteiger partial charge is 0.248 e. The molecular formula is C23H26N2O4S2. The van der Waals surface area contributed by atoms with Crippen molar-refractivity contribution in [3.8, 4) is 5.75 Å². The molecule has 2 fully saturated rings. The van der Waals surface area contributed by atoms with Crippen LogP contribution in [-0.4, -0.2) is 60.8 Å². The number of benzene rings is 2. The summed E-state index contributed by atoms with van der Waals surface area (Å²) in [5.74, 6) is 0.917. The molecule has 2 aromatic carbocycles. The maximum atomic E-state index is 12.6. The number of amidine groups is 1. The highest BCUT2D eigenvalue weighted by Crippen LogP contribution is 2.38. The predicted octanol–water partition coefficient (Wildman–Crippen LogP) is 2.97. The van der Waals surface area contributed by atoms with Crippen LogP contribution in [0, 0.1) is 0 Å². The fourth-order valence-electron chi connectivity index (χ4n) is 4.00. The van der Waals surface area contributed by atoms with Crippen LogP contribution in [0.4, 0.5) is 0 Å². The number of nitrogens with zero attached hydrogens (tertiary/aromatic N) is 2. The lowest BCUT2D eigenvalue weighted by Crippen LogP contribution is -2.39. The average molecular weight is 459 g/mol. The summed E-state index contributed by atoms with van der Waals surface area (Å²) in [6.07, 6.45) is 1.73. The van der Waals surface area contributed by atoms with E-state index >= 15 is 0 Å². The second-order valence-electron chi connectivity index (χ2n) is 7.87. The van der Waals surface area contributed by atoms with Crippen LogP contribution >= 0.6 is 11.8 Å². The molecule has 2 atom stereocenters. The lowest BCUT2D eigenvalue weighted by molar-refractivity contribution is -0.117. The van der Waals surface area contributed by atoms with Gasteiger partial charge in [0.05, 0.1) is 24.7 Å². The first-order valence-corrected chi connectivity index (χ1v) is 13.1. The Kier molecular flexibility index (Phi) is 6.67. The molecule has 0 aliphatic carbocycles. The summed E-state index contributed by atoms with van der Waals surface area (Å²) < 4.78 is 29.5. The lowest BCUT2D eigenvalue weighted by atomic mass is 10.1. The third kappa shape index (κ3) is 5.49. The summed E-state index contributed by atoms with van der Waals surface area (Å²) in [5, 5.41) is 0.609. The Labute approximate surface area is 187 Å². The molecule has 2 aliphatic rings. The topological polar surface area (TPSA) is 76.0 Å². The number of sulfone groups is 1. The highest BCUT2D eigenvalue weighted by molar-refractivity contribution is 8.15. The van der Waals surface area contributed by atoms with Crippen LogP contribution in [0.15, 0.2) is 59.6 Å². The van der Waals surface area contributed by atoms with Gasteiger partial charge in [-0.25, -0.2) is 8.42 Å². The summed E-state index contributed by atoms with van der Waals surface area (Å²) in [5.41, 5.74) is 2.24. The first-order chi connectivity index (χ1) is 14.9. The second kappa shape index (κ2) is 9.44. The zero-order valence-corrected chi connectivity index (χ0v) is 19.1. The number of rotatable bonds is 7. The number of methoxy groups -OCH3 is 1. The zero-order chi connectivity index (χ0) is 21.8. The molecule has 0 aromatic heterocycles. The largest absolute Gasteiger partial charge is 0.497 e. The van der Waals surface area contributed by atoms with Crippen molar-refractivity contribution in [2.45, 2.75) is 30.6 Å². The van der Waals surface area contributed by atoms with Gasteiger partial charge < -0.3 is 9.64 Å². The van der Waals surface area contributed by atoms with Gasteiger partial charge in [0.2, 0.25) is 5.91 Å². The number of carbonyl (C=O) groups is 1. The van der Waals surface area contributed by atoms with Gasteiger partial charge in [-0.1, -0.05) is 54.2 Å². The van der Waals surface area contributed by atoms with E-state index in [-0.39, 0.29) is 28.7 Å². The van der Waals surface area contributed by atoms with E-state index in [1.54, 1.807) is 7.11 Å². The number of amides is 1. The second-order valence-corrected chi connectivity index (χ2v) is 11.2. The number of aliphatic imine (C=N–C) groups is 1. The summed E-state index contributed by atoms with van der Waals surface area (Å²) in [6, 6.07) is 17.6. The molecule has 0 spiro atoms. The Morgan fingerprint density at radius 3 is 2.48 bits per heavy atom. The highest BCUT2D eigenvalue weighted by atomic mass is 32.2. The minimum Gasteiger partial charge on any atom is -0.497 e. The number of hydrogen-bond acceptors (Lipinski definition) is 5. The molecule has 0 unspecified atom stereocenters. The zero-order valence-electron chi connectivity index (χ0n) is 17.4. The molecule has 2 aromatic rings. The van der Waals surface area contributed by atoms with Crippen molar-refractivity contribution >= 4 is 32.7 Å². The summed E-state index contributed by atoms with van der Waals surface area (Å²) in [4.78, 5) is 19.0. The quantitative estimate of drug-likeness (QED) is 0.635. The van der Waals surface area contributed by atoms with Crippen LogP contribution in [0.25, 0.3) is 0 Å². The molecule has 2 saturated heterocycles. The van der Waals surface area contributed by atoms with Crippen molar-refractivity contribution in [3.63, 3.8) is 0 Å². The lowest BCUT2D eigenvalue weighted by Gasteiger charge is -2.24. The Morgan fingerprint density at radius 2 is 1.77 bits per heavy atom. The van der Waals surface area contributed by atoms with Crippen molar-refractivity contribution in [2.75, 3.05) is 25.2 Å². The fourth-order valence-corrected chi connectivity index (χ4v) is 7.99. The molecule has 1 amide bonds. The van der Waals surface area contributed by atoms with E-state index in [9.17, 15) is 13.2 Å². The number of aryl methyl sites for hydroxylation is 1. The number of ether oxygens (including phenoxy) is 1. The molecule has 0 N–H and O–H groups in total. The van der Waals surface area contributed by atoms with Crippen LogP contribution in [0.1, 0.15) is 17.5 Å². The first-order valence-electron chi connectivity index (χ1n) is 10.4. The van der Waals surface area contributed by atoms with E-state index in [1.807, 2.05) is 59.5 Å². The van der Waals surface area contributed by atoms with Crippen LogP contribution in [0.3, 0.4) is 0 Å². The molecule has 0 saturated carbocycles. The molecule has 0 bridgehead atoms. The Bertz CT molecular complexity index is 1050. The van der Waals surface area contributed by atoms with Gasteiger partial charge in [0.1, 0.15) is 5.75 Å². The van der Waals surface area contributed by atoms with Gasteiger partial charge in [-0.3, -0.25) is 4.79 Å². The molecule has 6 nitrogen and oxygen atoms in total. The number of hydrogen-bond donors (Lipinski definition) is 0. The number of fused-ring (bicyclic) bond motifs is 1. The normalized spacial score (nSPS) is 23.1. The van der Waals surface area contributed by atoms with Gasteiger partial charge >= 0.3 is 0 Å². The predicted molar refractivity (Wildman–Crippen MR) is 124 cm³/mol. The van der Waals surface area contributed by atoms with E-state index < -0.39 is 9.84 Å². The standard InChI is InChI=1S/C23H26N2O4S2/c1-29-19-10-7-18(8-11-19)13-14-25-20-15-31(27,28)16-21(20)30-23(25)24-22(26)12-9-17-5-3-2-4-6-17/h2-8,10-11,20-21H,9,12-16H2,1H3/t20-,21-/m0/s1. The van der Waals surface area contributed by atoms with Gasteiger partial charge in [-0.05, 0) is 36.1 Å². The maximum absolute atomic E-state index is 12.6. The van der Waals surface area contributed by atoms with Crippen LogP contribution in [0.2, 0.25) is 0 Å². The highest BCUT2D eigenvalue weighted by Gasteiger charge is 2.48. The van der Waals surface area contributed by atoms with Crippen LogP contribution in [0.5, 0.6) is 5.75 Å². The minimum atomic E-state index is -3.05. The van der Waals surface area contributed by atoms with E-state index in [1.165, 1.54) is 11.8 Å². The molecular weight excluding hydrogens is 432 g/mol. The van der Waals surface area contributed by atoms with E-state index in [0.717, 1.165) is 23.3 Å². The minimum absolute atomic E-state index is 0.0541. The SMILES string of the molecule is COc1ccc(CCN2C(=NC(=O)CCc3ccccc3)S[C@H]3CS(=O)(=O)C[C@@H]32)cc1. The van der Waals surface area contributed by atoms with E-state index in [0.29, 0.717) is 24.6 Å². The summed E-state index contributed by atoms with van der Waals surface area (Å²) in [6.45, 7) is 0.626. The molecule has 2 aliphatic heterocycles. The van der Waals surface area contributed by atoms with E-state index in [4.69, 9.17) is 4.74 Å². The Morgan fingerprint density at radius 1 is 1.06 bits per heavy atom. The van der Waals surface area contributed by atoms with E-state index in [2.05, 4.69) is 4.99 Å². The Hall–Kier alpha value is -2.32. The van der Waals surface area contributed by atoms with Gasteiger partial charge in [0.15, 0.2) is 15.0 Å². The summed E-state index contributed by atoms with van der Waals surface area (Å²) >= 11 is 1.44. The van der Waals surface area contributed by atoms with Gasteiger partial charge in [0, 0.05) is 18.2 Å². The number of thioether (sulfide) groups is 1. The molecule has 8 heteroatoms. The molecule has 2 heterocycles. The molecule has 164 valence electrons. The average Bonchev–Trinajstić information content (AvgIpc) is 3.22. The third-order valence-corrected chi connectivity index (χ3v) is 8.91. The summed E-state index contributed by atoms with van der Waals surface area (Å²) in [7, 11) is -1.41. The molecule has 0 radical (unpaired) electrons. The first kappa shape index (κ1) is 21.9. The van der Waals surface area contributed by atoms with Gasteiger partial charge in [-0.2, -0.15) is 4.99 Å². The van der Waals surface area contributed by atoms with Crippen molar-refractivity contribution < 1.29 is 17.9 Å². The van der Waals surface area contributed by atoms with Crippen LogP contribution in [-0.2, 0) is 27.5 Å². The maximum Gasteiger partial charge on any atom is 0.248 e. The molecule has 4 rings (SSSR count). The van der Waals surface area contributed by atoms with Crippen molar-refractivity contribution in [1.29, 1.82) is 0 Å². The third-order valence-electron chi connectivity index (χ3n) is 5.67. The van der Waals surface area contributed by atoms with Crippen molar-refractivity contribution in [2.24, 2.45) is 4.99 Å². The number of carbonyl (C=O) groups excluding carboxylic acids is 1. The van der Waals surface area contributed by atoms with Crippen molar-refractivity contribution in [3.05, 3.63) is 65.7 Å². The van der Waals surface area contributed by atoms with Crippen molar-refractivity contribution in [1.82, 2.24) is 4.90 Å². The molecule has 31 heavy (non-hydrogen) atoms. The van der Waals surface area contributed by atoms with Gasteiger partial charge in [-0.15, -0.1) is 0 Å². The Balaban J connectivity index is 1.45.